The van der Waals surface area contributed by atoms with Gasteiger partial charge in [0.2, 0.25) is 0 Å². The van der Waals surface area contributed by atoms with Gasteiger partial charge in [-0.25, -0.2) is 0 Å². The fourth-order valence-electron chi connectivity index (χ4n) is 1.44. The zero-order valence-corrected chi connectivity index (χ0v) is 9.65. The second-order valence-electron chi connectivity index (χ2n) is 3.51. The Balaban J connectivity index is 2.67. The van der Waals surface area contributed by atoms with Crippen molar-refractivity contribution in [1.29, 1.82) is 0 Å². The summed E-state index contributed by atoms with van der Waals surface area (Å²) in [5, 5.41) is 0.642. The largest absolute Gasteiger partial charge is 0.265 e. The van der Waals surface area contributed by atoms with E-state index in [-0.39, 0.29) is 5.54 Å². The maximum atomic E-state index is 5.84. The van der Waals surface area contributed by atoms with Crippen LogP contribution in [-0.4, -0.2) is 9.60 Å². The molecule has 4 heteroatoms. The van der Waals surface area contributed by atoms with E-state index < -0.39 is 0 Å². The number of nitrogens with zero attached hydrogens (tertiary/aromatic N) is 2. The SMILES string of the molecule is CC1(C)N=C(Br)c2cc(Cl)cnc21. The van der Waals surface area contributed by atoms with Gasteiger partial charge in [0.25, 0.3) is 0 Å². The van der Waals surface area contributed by atoms with Gasteiger partial charge < -0.3 is 0 Å². The Morgan fingerprint density at radius 2 is 2.15 bits per heavy atom. The van der Waals surface area contributed by atoms with E-state index in [1.54, 1.807) is 6.20 Å². The lowest BCUT2D eigenvalue weighted by molar-refractivity contribution is 0.553. The number of hydrogen-bond donors (Lipinski definition) is 0. The van der Waals surface area contributed by atoms with Crippen molar-refractivity contribution >= 4 is 32.2 Å². The lowest BCUT2D eigenvalue weighted by atomic mass is 10.0. The summed E-state index contributed by atoms with van der Waals surface area (Å²) < 4.78 is 0.836. The second kappa shape index (κ2) is 2.79. The van der Waals surface area contributed by atoms with Crippen molar-refractivity contribution in [2.45, 2.75) is 19.4 Å². The molecule has 1 aliphatic heterocycles. The van der Waals surface area contributed by atoms with Crippen LogP contribution in [0.3, 0.4) is 0 Å². The third-order valence-electron chi connectivity index (χ3n) is 2.03. The van der Waals surface area contributed by atoms with Crippen molar-refractivity contribution < 1.29 is 0 Å². The Labute approximate surface area is 90.2 Å². The molecule has 1 aromatic heterocycles. The summed E-state index contributed by atoms with van der Waals surface area (Å²) in [7, 11) is 0. The van der Waals surface area contributed by atoms with Crippen LogP contribution in [0.15, 0.2) is 17.3 Å². The lowest BCUT2D eigenvalue weighted by Crippen LogP contribution is -2.12. The molecule has 0 spiro atoms. The standard InChI is InChI=1S/C9H8BrClN2/c1-9(2)7-6(8(10)13-9)3-5(11)4-12-7/h3-4H,1-2H3. The molecule has 0 aliphatic carbocycles. The minimum absolute atomic E-state index is 0.237. The van der Waals surface area contributed by atoms with E-state index in [0.717, 1.165) is 15.9 Å². The summed E-state index contributed by atoms with van der Waals surface area (Å²) in [5.41, 5.74) is 1.74. The van der Waals surface area contributed by atoms with Crippen molar-refractivity contribution in [2.75, 3.05) is 0 Å². The zero-order valence-electron chi connectivity index (χ0n) is 7.31. The van der Waals surface area contributed by atoms with Crippen LogP contribution < -0.4 is 0 Å². The van der Waals surface area contributed by atoms with E-state index in [0.29, 0.717) is 5.02 Å². The molecule has 0 N–H and O–H groups in total. The molecule has 0 atom stereocenters. The zero-order chi connectivity index (χ0) is 9.64. The van der Waals surface area contributed by atoms with Crippen LogP contribution in [0.2, 0.25) is 5.02 Å². The molecule has 2 heterocycles. The van der Waals surface area contributed by atoms with Gasteiger partial charge in [-0.1, -0.05) is 11.6 Å². The van der Waals surface area contributed by atoms with E-state index in [1.165, 1.54) is 0 Å². The lowest BCUT2D eigenvalue weighted by Gasteiger charge is -2.13. The molecule has 68 valence electrons. The van der Waals surface area contributed by atoms with Gasteiger partial charge in [-0.05, 0) is 35.8 Å². The van der Waals surface area contributed by atoms with Crippen LogP contribution in [0.25, 0.3) is 0 Å². The number of halogens is 2. The van der Waals surface area contributed by atoms with Gasteiger partial charge in [-0.3, -0.25) is 9.98 Å². The molecule has 0 amide bonds. The molecular formula is C9H8BrClN2. The highest BCUT2D eigenvalue weighted by Gasteiger charge is 2.32. The van der Waals surface area contributed by atoms with E-state index in [1.807, 2.05) is 19.9 Å². The van der Waals surface area contributed by atoms with Gasteiger partial charge in [-0.15, -0.1) is 0 Å². The van der Waals surface area contributed by atoms with Crippen molar-refractivity contribution in [1.82, 2.24) is 4.98 Å². The van der Waals surface area contributed by atoms with Crippen LogP contribution >= 0.6 is 27.5 Å². The van der Waals surface area contributed by atoms with Crippen molar-refractivity contribution in [3.63, 3.8) is 0 Å². The molecule has 0 fully saturated rings. The van der Waals surface area contributed by atoms with Crippen LogP contribution in [0.5, 0.6) is 0 Å². The molecule has 1 aliphatic rings. The average Bonchev–Trinajstić information content (AvgIpc) is 2.22. The Morgan fingerprint density at radius 3 is 2.85 bits per heavy atom. The molecule has 0 radical (unpaired) electrons. The number of aliphatic imine (C=N–C) groups is 1. The quantitative estimate of drug-likeness (QED) is 0.703. The van der Waals surface area contributed by atoms with Crippen LogP contribution in [0.1, 0.15) is 25.1 Å². The van der Waals surface area contributed by atoms with E-state index in [2.05, 4.69) is 25.9 Å². The highest BCUT2D eigenvalue weighted by atomic mass is 79.9. The Hall–Kier alpha value is -0.410. The predicted molar refractivity (Wildman–Crippen MR) is 57.7 cm³/mol. The first-order valence-corrected chi connectivity index (χ1v) is 5.09. The third kappa shape index (κ3) is 1.40. The smallest absolute Gasteiger partial charge is 0.110 e. The summed E-state index contributed by atoms with van der Waals surface area (Å²) >= 11 is 9.24. The van der Waals surface area contributed by atoms with Crippen LogP contribution in [-0.2, 0) is 5.54 Å². The van der Waals surface area contributed by atoms with Crippen LogP contribution in [0.4, 0.5) is 0 Å². The van der Waals surface area contributed by atoms with E-state index >= 15 is 0 Å². The predicted octanol–water partition coefficient (Wildman–Crippen LogP) is 3.13. The first-order valence-electron chi connectivity index (χ1n) is 3.92. The summed E-state index contributed by atoms with van der Waals surface area (Å²) in [6.07, 6.45) is 1.66. The van der Waals surface area contributed by atoms with E-state index in [4.69, 9.17) is 11.6 Å². The Morgan fingerprint density at radius 1 is 1.46 bits per heavy atom. The highest BCUT2D eigenvalue weighted by Crippen LogP contribution is 2.35. The normalized spacial score (nSPS) is 18.3. The monoisotopic (exact) mass is 258 g/mol. The Bertz CT molecular complexity index is 399. The maximum Gasteiger partial charge on any atom is 0.110 e. The van der Waals surface area contributed by atoms with Crippen molar-refractivity contribution in [3.05, 3.63) is 28.5 Å². The number of hydrogen-bond acceptors (Lipinski definition) is 2. The number of aromatic nitrogens is 1. The topological polar surface area (TPSA) is 25.2 Å². The summed E-state index contributed by atoms with van der Waals surface area (Å²) in [4.78, 5) is 8.73. The van der Waals surface area contributed by atoms with E-state index in [9.17, 15) is 0 Å². The Kier molecular flexibility index (Phi) is 1.96. The molecule has 13 heavy (non-hydrogen) atoms. The fraction of sp³-hybridized carbons (Fsp3) is 0.333. The summed E-state index contributed by atoms with van der Waals surface area (Å²) in [6.45, 7) is 4.06. The minimum Gasteiger partial charge on any atom is -0.265 e. The van der Waals surface area contributed by atoms with Crippen LogP contribution in [0, 0.1) is 0 Å². The van der Waals surface area contributed by atoms with Gasteiger partial charge in [0.05, 0.1) is 16.3 Å². The first kappa shape index (κ1) is 9.16. The first-order chi connectivity index (χ1) is 6.00. The number of pyridine rings is 1. The van der Waals surface area contributed by atoms with Gasteiger partial charge in [0.1, 0.15) is 4.62 Å². The van der Waals surface area contributed by atoms with Gasteiger partial charge in [-0.2, -0.15) is 0 Å². The molecule has 0 bridgehead atoms. The van der Waals surface area contributed by atoms with Gasteiger partial charge >= 0.3 is 0 Å². The molecule has 1 aromatic rings. The number of fused-ring (bicyclic) bond motifs is 1. The molecule has 2 rings (SSSR count). The molecular weight excluding hydrogens is 251 g/mol. The maximum absolute atomic E-state index is 5.84. The molecule has 0 unspecified atom stereocenters. The molecule has 0 aromatic carbocycles. The highest BCUT2D eigenvalue weighted by molar-refractivity contribution is 9.18. The molecule has 0 saturated carbocycles. The van der Waals surface area contributed by atoms with Crippen molar-refractivity contribution in [3.8, 4) is 0 Å². The number of rotatable bonds is 0. The van der Waals surface area contributed by atoms with Gasteiger partial charge in [0, 0.05) is 11.8 Å². The second-order valence-corrected chi connectivity index (χ2v) is 4.70. The summed E-state index contributed by atoms with van der Waals surface area (Å²) in [6, 6.07) is 1.88. The molecule has 0 saturated heterocycles. The molecule has 2 nitrogen and oxygen atoms in total. The summed E-state index contributed by atoms with van der Waals surface area (Å²) in [5.74, 6) is 0. The average molecular weight is 260 g/mol. The fourth-order valence-corrected chi connectivity index (χ4v) is 2.35. The van der Waals surface area contributed by atoms with Gasteiger partial charge in [0.15, 0.2) is 0 Å². The minimum atomic E-state index is -0.237. The van der Waals surface area contributed by atoms with Crippen molar-refractivity contribution in [2.24, 2.45) is 4.99 Å². The third-order valence-corrected chi connectivity index (χ3v) is 2.84.